The first kappa shape index (κ1) is 35.4. The number of allylic oxidation sites excluding steroid dienone is 1. The number of imidazole rings is 1. The van der Waals surface area contributed by atoms with Crippen molar-refractivity contribution in [2.45, 2.75) is 52.2 Å². The summed E-state index contributed by atoms with van der Waals surface area (Å²) in [5.41, 5.74) is -2.56. The van der Waals surface area contributed by atoms with Crippen LogP contribution in [-0.4, -0.2) is 56.6 Å². The highest BCUT2D eigenvalue weighted by Crippen LogP contribution is 2.36. The number of carbonyl (C=O) groups excluding carboxylic acids is 3. The summed E-state index contributed by atoms with van der Waals surface area (Å²) in [6.07, 6.45) is 4.25. The molecule has 15 heteroatoms. The van der Waals surface area contributed by atoms with Crippen molar-refractivity contribution in [2.75, 3.05) is 19.4 Å². The number of pyridine rings is 1. The van der Waals surface area contributed by atoms with Gasteiger partial charge in [-0.15, -0.1) is 0 Å². The van der Waals surface area contributed by atoms with Gasteiger partial charge in [0.25, 0.3) is 5.56 Å². The van der Waals surface area contributed by atoms with Gasteiger partial charge in [0, 0.05) is 38.8 Å². The number of fused-ring (bicyclic) bond motifs is 1. The zero-order chi connectivity index (χ0) is 35.3. The summed E-state index contributed by atoms with van der Waals surface area (Å²) >= 11 is 0. The van der Waals surface area contributed by atoms with Crippen LogP contribution in [0.25, 0.3) is 11.0 Å². The van der Waals surface area contributed by atoms with E-state index in [1.807, 2.05) is 0 Å². The minimum absolute atomic E-state index is 0.0534. The normalized spacial score (nSPS) is 11.6. The molecule has 4 rings (SSSR count). The molecule has 0 aliphatic carbocycles. The van der Waals surface area contributed by atoms with Crippen LogP contribution in [0.2, 0.25) is 0 Å². The Hall–Kier alpha value is -5.47. The Morgan fingerprint density at radius 1 is 1.04 bits per heavy atom. The van der Waals surface area contributed by atoms with Crippen molar-refractivity contribution in [3.8, 4) is 11.5 Å². The van der Waals surface area contributed by atoms with E-state index in [1.54, 1.807) is 40.9 Å². The van der Waals surface area contributed by atoms with E-state index in [2.05, 4.69) is 10.3 Å². The third kappa shape index (κ3) is 8.46. The lowest BCUT2D eigenvalue weighted by Gasteiger charge is -2.20. The monoisotopic (exact) mass is 671 g/mol. The maximum absolute atomic E-state index is 15.1. The van der Waals surface area contributed by atoms with E-state index < -0.39 is 70.0 Å². The molecule has 48 heavy (non-hydrogen) atoms. The van der Waals surface area contributed by atoms with Gasteiger partial charge < -0.3 is 24.3 Å². The van der Waals surface area contributed by atoms with Gasteiger partial charge in [-0.1, -0.05) is 6.08 Å². The minimum atomic E-state index is -1.56. The molecule has 0 saturated heterocycles. The third-order valence-corrected chi connectivity index (χ3v) is 6.63. The number of likely N-dealkylation sites (N-methyl/N-ethyl adjacent to an activating group) is 1. The number of anilines is 1. The van der Waals surface area contributed by atoms with Crippen LogP contribution in [0.15, 0.2) is 59.5 Å². The second kappa shape index (κ2) is 14.5. The summed E-state index contributed by atoms with van der Waals surface area (Å²) < 4.78 is 70.6. The van der Waals surface area contributed by atoms with Gasteiger partial charge in [-0.2, -0.15) is 4.39 Å². The SMILES string of the molecule is CN(C)C(=O)/C=C/CCCC(=O)Nc1cccn(Cc2nc3c(Oc4ccc(F)cc4F)c(F)c(F)cc3n2C(=O)OC(C)(C)C)c1=O. The lowest BCUT2D eigenvalue weighted by molar-refractivity contribution is -0.123. The average molecular weight is 672 g/mol. The standard InChI is InChI=1S/C33H33F4N5O6/c1-33(2,3)48-32(46)42-23-17-21(36)28(37)30(47-24-14-13-19(34)16-20(24)35)29(23)39-25(42)18-41-15-9-10-22(31(41)45)38-26(43)11-7-6-8-12-27(44)40(4)5/h8-10,12-17H,6-7,11,18H2,1-5H3,(H,38,43)/b12-8+. The molecule has 0 spiro atoms. The molecule has 0 fully saturated rings. The number of ether oxygens (including phenoxy) is 2. The number of carbonyl (C=O) groups is 3. The summed E-state index contributed by atoms with van der Waals surface area (Å²) in [7, 11) is 3.23. The average Bonchev–Trinajstić information content (AvgIpc) is 3.34. The van der Waals surface area contributed by atoms with Crippen molar-refractivity contribution < 1.29 is 41.4 Å². The highest BCUT2D eigenvalue weighted by atomic mass is 19.2. The largest absolute Gasteiger partial charge is 0.449 e. The number of nitrogens with zero attached hydrogens (tertiary/aromatic N) is 4. The molecule has 0 bridgehead atoms. The number of benzene rings is 2. The number of hydrogen-bond acceptors (Lipinski definition) is 7. The fourth-order valence-corrected chi connectivity index (χ4v) is 4.39. The van der Waals surface area contributed by atoms with Crippen LogP contribution >= 0.6 is 0 Å². The molecule has 4 aromatic rings. The van der Waals surface area contributed by atoms with E-state index in [4.69, 9.17) is 9.47 Å². The maximum Gasteiger partial charge on any atom is 0.420 e. The molecule has 0 aliphatic rings. The second-order valence-corrected chi connectivity index (χ2v) is 11.8. The van der Waals surface area contributed by atoms with Crippen LogP contribution in [0.4, 0.5) is 28.0 Å². The molecule has 0 saturated carbocycles. The number of hydrogen-bond donors (Lipinski definition) is 1. The molecule has 0 aliphatic heterocycles. The zero-order valence-electron chi connectivity index (χ0n) is 26.8. The molecular formula is C33H33F4N5O6. The van der Waals surface area contributed by atoms with Crippen molar-refractivity contribution in [1.29, 1.82) is 0 Å². The number of rotatable bonds is 10. The molecule has 1 N–H and O–H groups in total. The van der Waals surface area contributed by atoms with Gasteiger partial charge in [0.1, 0.15) is 28.4 Å². The zero-order valence-corrected chi connectivity index (χ0v) is 26.8. The predicted molar refractivity (Wildman–Crippen MR) is 168 cm³/mol. The molecule has 2 aromatic heterocycles. The van der Waals surface area contributed by atoms with Crippen molar-refractivity contribution >= 4 is 34.6 Å². The number of nitrogens with one attached hydrogen (secondary N) is 1. The number of aromatic nitrogens is 3. The maximum atomic E-state index is 15.1. The minimum Gasteiger partial charge on any atom is -0.449 e. The van der Waals surface area contributed by atoms with Crippen LogP contribution in [0.3, 0.4) is 0 Å². The van der Waals surface area contributed by atoms with Gasteiger partial charge in [-0.05, 0) is 64.0 Å². The lowest BCUT2D eigenvalue weighted by Crippen LogP contribution is -2.30. The van der Waals surface area contributed by atoms with E-state index >= 15 is 4.39 Å². The van der Waals surface area contributed by atoms with E-state index in [9.17, 15) is 32.3 Å². The molecule has 0 atom stereocenters. The van der Waals surface area contributed by atoms with Gasteiger partial charge >= 0.3 is 6.09 Å². The quantitative estimate of drug-likeness (QED) is 0.122. The van der Waals surface area contributed by atoms with Gasteiger partial charge in [0.15, 0.2) is 23.1 Å². The number of halogens is 4. The first-order chi connectivity index (χ1) is 22.6. The van der Waals surface area contributed by atoms with Crippen molar-refractivity contribution in [3.63, 3.8) is 0 Å². The van der Waals surface area contributed by atoms with Crippen LogP contribution in [-0.2, 0) is 20.9 Å². The van der Waals surface area contributed by atoms with Gasteiger partial charge in [-0.3, -0.25) is 14.4 Å². The smallest absolute Gasteiger partial charge is 0.420 e. The summed E-state index contributed by atoms with van der Waals surface area (Å²) in [6, 6.07) is 5.70. The van der Waals surface area contributed by atoms with Crippen molar-refractivity contribution in [3.05, 3.63) is 94.2 Å². The van der Waals surface area contributed by atoms with Gasteiger partial charge in [-0.25, -0.2) is 27.5 Å². The predicted octanol–water partition coefficient (Wildman–Crippen LogP) is 6.13. The number of unbranched alkanes of at least 4 members (excludes halogenated alkanes) is 1. The second-order valence-electron chi connectivity index (χ2n) is 11.8. The third-order valence-electron chi connectivity index (χ3n) is 6.63. The Balaban J connectivity index is 1.68. The number of amides is 2. The molecule has 0 radical (unpaired) electrons. The topological polar surface area (TPSA) is 125 Å². The van der Waals surface area contributed by atoms with Crippen molar-refractivity contribution in [1.82, 2.24) is 19.0 Å². The highest BCUT2D eigenvalue weighted by molar-refractivity contribution is 5.92. The summed E-state index contributed by atoms with van der Waals surface area (Å²) in [4.78, 5) is 56.6. The Kier molecular flexibility index (Phi) is 10.7. The van der Waals surface area contributed by atoms with E-state index in [1.165, 1.54) is 29.3 Å². The molecule has 11 nitrogen and oxygen atoms in total. The van der Waals surface area contributed by atoms with Crippen molar-refractivity contribution in [2.24, 2.45) is 0 Å². The Bertz CT molecular complexity index is 1960. The van der Waals surface area contributed by atoms with Gasteiger partial charge in [0.2, 0.25) is 17.6 Å². The van der Waals surface area contributed by atoms with E-state index in [-0.39, 0.29) is 29.4 Å². The Morgan fingerprint density at radius 3 is 2.44 bits per heavy atom. The lowest BCUT2D eigenvalue weighted by atomic mass is 10.2. The summed E-state index contributed by atoms with van der Waals surface area (Å²) in [6.45, 7) is 4.28. The molecule has 2 heterocycles. The summed E-state index contributed by atoms with van der Waals surface area (Å²) in [5.74, 6) is -7.59. The van der Waals surface area contributed by atoms with E-state index in [0.717, 1.165) is 21.3 Å². The van der Waals surface area contributed by atoms with Crippen LogP contribution in [0, 0.1) is 23.3 Å². The van der Waals surface area contributed by atoms with Crippen LogP contribution in [0.5, 0.6) is 11.5 Å². The Morgan fingerprint density at radius 2 is 1.77 bits per heavy atom. The molecule has 0 unspecified atom stereocenters. The van der Waals surface area contributed by atoms with Gasteiger partial charge in [0.05, 0.1) is 12.1 Å². The Labute approximate surface area is 272 Å². The van der Waals surface area contributed by atoms with Crippen LogP contribution < -0.4 is 15.6 Å². The fourth-order valence-electron chi connectivity index (χ4n) is 4.39. The van der Waals surface area contributed by atoms with E-state index in [0.29, 0.717) is 25.0 Å². The first-order valence-electron chi connectivity index (χ1n) is 14.7. The first-order valence-corrected chi connectivity index (χ1v) is 14.7. The molecular weight excluding hydrogens is 638 g/mol. The molecule has 2 amide bonds. The highest BCUT2D eigenvalue weighted by Gasteiger charge is 2.29. The van der Waals surface area contributed by atoms with Crippen LogP contribution in [0.1, 0.15) is 45.9 Å². The molecule has 254 valence electrons. The summed E-state index contributed by atoms with van der Waals surface area (Å²) in [5, 5.41) is 2.54. The molecule has 2 aromatic carbocycles. The fraction of sp³-hybridized carbons (Fsp3) is 0.303.